The molecule has 8 nitrogen and oxygen atoms in total. The number of nitrogens with two attached hydrogens (primary N) is 2. The number of nitrogens with one attached hydrogen (secondary N) is 3. The summed E-state index contributed by atoms with van der Waals surface area (Å²) in [5, 5.41) is -0.960. The van der Waals surface area contributed by atoms with Gasteiger partial charge in [-0.05, 0) is 0 Å². The monoisotopic (exact) mass is 279 g/mol. The number of hydrogen-bond donors (Lipinski definition) is 5. The van der Waals surface area contributed by atoms with E-state index in [9.17, 15) is 14.4 Å². The Morgan fingerprint density at radius 2 is 1.35 bits per heavy atom. The van der Waals surface area contributed by atoms with E-state index in [1.807, 2.05) is 0 Å². The fraction of sp³-hybridized carbons (Fsp3) is 0. The topological polar surface area (TPSA) is 143 Å². The number of H-pyrrole nitrogens is 1. The molecule has 0 unspecified atom stereocenters. The molecule has 0 aliphatic carbocycles. The molecule has 0 fully saturated rings. The van der Waals surface area contributed by atoms with E-state index in [-0.39, 0.29) is 11.4 Å². The van der Waals surface area contributed by atoms with Gasteiger partial charge in [-0.15, -0.1) is 0 Å². The maximum Gasteiger partial charge on any atom is 0.283 e. The highest BCUT2D eigenvalue weighted by molar-refractivity contribution is 6.37. The number of aromatic nitrogens is 1. The fourth-order valence-corrected chi connectivity index (χ4v) is 1.52. The summed E-state index contributed by atoms with van der Waals surface area (Å²) in [5.41, 5.74) is 1.85. The Hall–Kier alpha value is -1.61. The molecule has 0 bridgehead atoms. The molecule has 17 heavy (non-hydrogen) atoms. The number of hydrazine groups is 2. The minimum atomic E-state index is -0.885. The molecular formula is C7H7Cl2N5O3. The number of amides is 2. The molecule has 0 saturated heterocycles. The third-order valence-electron chi connectivity index (χ3n) is 1.80. The summed E-state index contributed by atoms with van der Waals surface area (Å²) in [4.78, 5) is 36.3. The van der Waals surface area contributed by atoms with Gasteiger partial charge in [0.05, 0.1) is 0 Å². The van der Waals surface area contributed by atoms with Gasteiger partial charge < -0.3 is 4.98 Å². The van der Waals surface area contributed by atoms with Crippen LogP contribution >= 0.6 is 23.2 Å². The molecule has 92 valence electrons. The first-order chi connectivity index (χ1) is 7.93. The molecule has 10 heteroatoms. The molecule has 0 aliphatic rings. The number of nitrogen functional groups attached to an aromatic ring is 2. The van der Waals surface area contributed by atoms with Crippen LogP contribution in [-0.4, -0.2) is 16.8 Å². The third-order valence-corrected chi connectivity index (χ3v) is 2.53. The quantitative estimate of drug-likeness (QED) is 0.265. The summed E-state index contributed by atoms with van der Waals surface area (Å²) in [5.74, 6) is 8.00. The second-order valence-electron chi connectivity index (χ2n) is 2.78. The molecule has 0 aliphatic heterocycles. The maximum atomic E-state index is 11.5. The minimum Gasteiger partial charge on any atom is -0.344 e. The van der Waals surface area contributed by atoms with Gasteiger partial charge in [-0.25, -0.2) is 11.7 Å². The SMILES string of the molecule is NNC(=O)c1[nH]c(C(=O)NN)c(Cl)c(=O)c1Cl. The predicted octanol–water partition coefficient (Wildman–Crippen LogP) is -1.11. The highest BCUT2D eigenvalue weighted by Crippen LogP contribution is 2.16. The van der Waals surface area contributed by atoms with Gasteiger partial charge >= 0.3 is 0 Å². The normalized spacial score (nSPS) is 9.88. The van der Waals surface area contributed by atoms with E-state index in [0.29, 0.717) is 0 Å². The van der Waals surface area contributed by atoms with Crippen LogP contribution in [0.3, 0.4) is 0 Å². The van der Waals surface area contributed by atoms with Crippen LogP contribution in [0.5, 0.6) is 0 Å². The van der Waals surface area contributed by atoms with E-state index < -0.39 is 27.3 Å². The zero-order valence-electron chi connectivity index (χ0n) is 8.14. The zero-order valence-corrected chi connectivity index (χ0v) is 9.65. The lowest BCUT2D eigenvalue weighted by Crippen LogP contribution is -2.35. The Balaban J connectivity index is 3.56. The van der Waals surface area contributed by atoms with E-state index in [4.69, 9.17) is 34.9 Å². The van der Waals surface area contributed by atoms with Crippen molar-refractivity contribution >= 4 is 35.0 Å². The van der Waals surface area contributed by atoms with Gasteiger partial charge in [0, 0.05) is 0 Å². The van der Waals surface area contributed by atoms with Crippen molar-refractivity contribution in [2.75, 3.05) is 0 Å². The summed E-state index contributed by atoms with van der Waals surface area (Å²) < 4.78 is 0. The van der Waals surface area contributed by atoms with Crippen LogP contribution in [0.15, 0.2) is 4.79 Å². The Labute approximate surface area is 104 Å². The Bertz CT molecular complexity index is 498. The summed E-state index contributed by atoms with van der Waals surface area (Å²) in [6, 6.07) is 0. The first-order valence-corrected chi connectivity index (χ1v) is 4.82. The van der Waals surface area contributed by atoms with Crippen molar-refractivity contribution in [1.29, 1.82) is 0 Å². The van der Waals surface area contributed by atoms with Crippen LogP contribution in [0.25, 0.3) is 0 Å². The second-order valence-corrected chi connectivity index (χ2v) is 3.53. The molecule has 2 amide bonds. The van der Waals surface area contributed by atoms with E-state index in [2.05, 4.69) is 4.98 Å². The van der Waals surface area contributed by atoms with E-state index in [1.165, 1.54) is 0 Å². The van der Waals surface area contributed by atoms with Crippen LogP contribution in [0.4, 0.5) is 0 Å². The van der Waals surface area contributed by atoms with Gasteiger partial charge in [0.2, 0.25) is 5.43 Å². The highest BCUT2D eigenvalue weighted by Gasteiger charge is 2.21. The Morgan fingerprint density at radius 1 is 1.00 bits per heavy atom. The van der Waals surface area contributed by atoms with Gasteiger partial charge in [0.25, 0.3) is 11.8 Å². The predicted molar refractivity (Wildman–Crippen MR) is 60.4 cm³/mol. The smallest absolute Gasteiger partial charge is 0.283 e. The second kappa shape index (κ2) is 5.15. The largest absolute Gasteiger partial charge is 0.344 e. The molecule has 7 N–H and O–H groups in total. The van der Waals surface area contributed by atoms with Crippen molar-refractivity contribution in [2.45, 2.75) is 0 Å². The average Bonchev–Trinajstić information content (AvgIpc) is 2.34. The maximum absolute atomic E-state index is 11.5. The number of carbonyl (C=O) groups is 2. The molecule has 1 aromatic heterocycles. The zero-order chi connectivity index (χ0) is 13.2. The van der Waals surface area contributed by atoms with Crippen molar-refractivity contribution in [3.05, 3.63) is 31.7 Å². The minimum absolute atomic E-state index is 0.387. The van der Waals surface area contributed by atoms with Crippen LogP contribution in [0.2, 0.25) is 10.0 Å². The molecule has 1 rings (SSSR count). The summed E-state index contributed by atoms with van der Waals surface area (Å²) >= 11 is 11.2. The average molecular weight is 280 g/mol. The van der Waals surface area contributed by atoms with Gasteiger partial charge in [0.1, 0.15) is 21.4 Å². The first kappa shape index (κ1) is 13.5. The fourth-order valence-electron chi connectivity index (χ4n) is 1.02. The van der Waals surface area contributed by atoms with Crippen LogP contribution in [-0.2, 0) is 0 Å². The van der Waals surface area contributed by atoms with Crippen LogP contribution in [0, 0.1) is 0 Å². The number of halogens is 2. The lowest BCUT2D eigenvalue weighted by Gasteiger charge is -2.07. The van der Waals surface area contributed by atoms with E-state index in [1.54, 1.807) is 10.9 Å². The Kier molecular flexibility index (Phi) is 4.07. The number of hydrogen-bond acceptors (Lipinski definition) is 5. The van der Waals surface area contributed by atoms with Crippen molar-refractivity contribution in [2.24, 2.45) is 11.7 Å². The van der Waals surface area contributed by atoms with Crippen molar-refractivity contribution in [1.82, 2.24) is 15.8 Å². The number of rotatable bonds is 2. The summed E-state index contributed by atoms with van der Waals surface area (Å²) in [6.45, 7) is 0. The third kappa shape index (κ3) is 2.39. The summed E-state index contributed by atoms with van der Waals surface area (Å²) in [6.07, 6.45) is 0. The lowest BCUT2D eigenvalue weighted by atomic mass is 10.2. The van der Waals surface area contributed by atoms with Crippen molar-refractivity contribution < 1.29 is 9.59 Å². The highest BCUT2D eigenvalue weighted by atomic mass is 35.5. The van der Waals surface area contributed by atoms with Crippen molar-refractivity contribution in [3.63, 3.8) is 0 Å². The molecule has 1 aromatic rings. The molecule has 1 heterocycles. The van der Waals surface area contributed by atoms with Gasteiger partial charge in [0.15, 0.2) is 0 Å². The van der Waals surface area contributed by atoms with Crippen LogP contribution < -0.4 is 28.0 Å². The molecule has 0 radical (unpaired) electrons. The van der Waals surface area contributed by atoms with E-state index >= 15 is 0 Å². The van der Waals surface area contributed by atoms with Crippen LogP contribution in [0.1, 0.15) is 21.0 Å². The molecule has 0 atom stereocenters. The molecule has 0 aromatic carbocycles. The molecule has 0 spiro atoms. The van der Waals surface area contributed by atoms with Crippen molar-refractivity contribution in [3.8, 4) is 0 Å². The molecular weight excluding hydrogens is 273 g/mol. The summed E-state index contributed by atoms with van der Waals surface area (Å²) in [7, 11) is 0. The first-order valence-electron chi connectivity index (χ1n) is 4.07. The molecule has 0 saturated carbocycles. The lowest BCUT2D eigenvalue weighted by molar-refractivity contribution is 0.0944. The van der Waals surface area contributed by atoms with Gasteiger partial charge in [-0.3, -0.25) is 25.2 Å². The van der Waals surface area contributed by atoms with Gasteiger partial charge in [-0.1, -0.05) is 23.2 Å². The van der Waals surface area contributed by atoms with Gasteiger partial charge in [-0.2, -0.15) is 0 Å². The Morgan fingerprint density at radius 3 is 1.65 bits per heavy atom. The van der Waals surface area contributed by atoms with E-state index in [0.717, 1.165) is 0 Å². The standard InChI is InChI=1S/C7H7Cl2N5O3/c8-1-3(6(16)13-10)12-4(7(17)14-11)2(9)5(1)15/h10-11H2,(H,12,15)(H,13,16)(H,14,17). The number of pyridine rings is 1. The number of carbonyl (C=O) groups excluding carboxylic acids is 2. The number of aromatic amines is 1.